The van der Waals surface area contributed by atoms with Crippen molar-refractivity contribution >= 4 is 17.6 Å². The molecule has 1 aliphatic rings. The van der Waals surface area contributed by atoms with Crippen molar-refractivity contribution < 1.29 is 24.2 Å². The fraction of sp³-hybridized carbons (Fsp3) is 0.176. The summed E-state index contributed by atoms with van der Waals surface area (Å²) in [6, 6.07) is 11.9. The second-order valence-electron chi connectivity index (χ2n) is 5.11. The maximum atomic E-state index is 12.2. The smallest absolute Gasteiger partial charge is 0.335 e. The summed E-state index contributed by atoms with van der Waals surface area (Å²) in [7, 11) is 1.59. The Hall–Kier alpha value is -3.02. The van der Waals surface area contributed by atoms with Gasteiger partial charge in [0.15, 0.2) is 6.61 Å². The summed E-state index contributed by atoms with van der Waals surface area (Å²) < 4.78 is 10.5. The number of carboxylic acids is 1. The Morgan fingerprint density at radius 2 is 2.13 bits per heavy atom. The van der Waals surface area contributed by atoms with Gasteiger partial charge < -0.3 is 19.5 Å². The maximum Gasteiger partial charge on any atom is 0.335 e. The highest BCUT2D eigenvalue weighted by molar-refractivity contribution is 5.99. The quantitative estimate of drug-likeness (QED) is 0.937. The minimum absolute atomic E-state index is 0.111. The van der Waals surface area contributed by atoms with Crippen molar-refractivity contribution in [3.63, 3.8) is 0 Å². The molecule has 118 valence electrons. The molecule has 0 saturated heterocycles. The maximum absolute atomic E-state index is 12.2. The lowest BCUT2D eigenvalue weighted by atomic mass is 10.1. The molecule has 3 rings (SSSR count). The fourth-order valence-electron chi connectivity index (χ4n) is 2.46. The summed E-state index contributed by atoms with van der Waals surface area (Å²) in [4.78, 5) is 24.8. The Bertz CT molecular complexity index is 771. The van der Waals surface area contributed by atoms with Crippen molar-refractivity contribution in [2.24, 2.45) is 0 Å². The number of benzene rings is 2. The van der Waals surface area contributed by atoms with Crippen LogP contribution >= 0.6 is 0 Å². The second-order valence-corrected chi connectivity index (χ2v) is 5.11. The van der Waals surface area contributed by atoms with Gasteiger partial charge in [0.05, 0.1) is 24.9 Å². The van der Waals surface area contributed by atoms with Crippen LogP contribution in [0.15, 0.2) is 42.5 Å². The lowest BCUT2D eigenvalue weighted by molar-refractivity contribution is -0.121. The Morgan fingerprint density at radius 3 is 2.87 bits per heavy atom. The number of fused-ring (bicyclic) bond motifs is 1. The molecule has 1 N–H and O–H groups in total. The van der Waals surface area contributed by atoms with Gasteiger partial charge in [-0.25, -0.2) is 4.79 Å². The molecule has 1 heterocycles. The van der Waals surface area contributed by atoms with E-state index in [0.29, 0.717) is 23.7 Å². The van der Waals surface area contributed by atoms with E-state index < -0.39 is 5.97 Å². The molecular formula is C17H15NO5. The predicted octanol–water partition coefficient (Wildman–Crippen LogP) is 2.32. The summed E-state index contributed by atoms with van der Waals surface area (Å²) in [6.45, 7) is 0.249. The molecule has 2 aromatic rings. The number of anilines is 1. The summed E-state index contributed by atoms with van der Waals surface area (Å²) in [5.74, 6) is -0.104. The molecule has 1 amide bonds. The zero-order valence-electron chi connectivity index (χ0n) is 12.5. The Balaban J connectivity index is 1.93. The van der Waals surface area contributed by atoms with Crippen LogP contribution in [0.1, 0.15) is 15.9 Å². The minimum atomic E-state index is -1.03. The summed E-state index contributed by atoms with van der Waals surface area (Å²) in [5, 5.41) is 9.05. The highest BCUT2D eigenvalue weighted by Crippen LogP contribution is 2.34. The molecule has 6 heteroatoms. The van der Waals surface area contributed by atoms with E-state index in [1.165, 1.54) is 12.1 Å². The van der Waals surface area contributed by atoms with Gasteiger partial charge in [-0.05, 0) is 35.9 Å². The minimum Gasteiger partial charge on any atom is -0.497 e. The largest absolute Gasteiger partial charge is 0.497 e. The van der Waals surface area contributed by atoms with E-state index in [0.717, 1.165) is 5.56 Å². The van der Waals surface area contributed by atoms with Crippen molar-refractivity contribution in [1.82, 2.24) is 0 Å². The number of carbonyl (C=O) groups is 2. The average molecular weight is 313 g/mol. The van der Waals surface area contributed by atoms with Gasteiger partial charge >= 0.3 is 5.97 Å². The van der Waals surface area contributed by atoms with Crippen LogP contribution in [0.25, 0.3) is 0 Å². The average Bonchev–Trinajstić information content (AvgIpc) is 2.57. The lowest BCUT2D eigenvalue weighted by Gasteiger charge is -2.29. The summed E-state index contributed by atoms with van der Waals surface area (Å²) >= 11 is 0. The number of nitrogens with zero attached hydrogens (tertiary/aromatic N) is 1. The van der Waals surface area contributed by atoms with Crippen molar-refractivity contribution in [3.05, 3.63) is 53.6 Å². The lowest BCUT2D eigenvalue weighted by Crippen LogP contribution is -2.38. The molecule has 0 spiro atoms. The normalized spacial score (nSPS) is 13.3. The van der Waals surface area contributed by atoms with E-state index in [1.54, 1.807) is 18.1 Å². The predicted molar refractivity (Wildman–Crippen MR) is 83.1 cm³/mol. The molecule has 0 aromatic heterocycles. The van der Waals surface area contributed by atoms with Gasteiger partial charge in [0.25, 0.3) is 5.91 Å². The van der Waals surface area contributed by atoms with Crippen LogP contribution < -0.4 is 14.4 Å². The zero-order chi connectivity index (χ0) is 16.4. The van der Waals surface area contributed by atoms with Crippen molar-refractivity contribution in [2.75, 3.05) is 18.6 Å². The summed E-state index contributed by atoms with van der Waals surface area (Å²) in [5.41, 5.74) is 1.60. The van der Waals surface area contributed by atoms with Crippen LogP contribution in [-0.2, 0) is 11.3 Å². The molecule has 23 heavy (non-hydrogen) atoms. The Morgan fingerprint density at radius 1 is 1.30 bits per heavy atom. The van der Waals surface area contributed by atoms with E-state index in [2.05, 4.69) is 0 Å². The summed E-state index contributed by atoms with van der Waals surface area (Å²) in [6.07, 6.45) is 0. The third kappa shape index (κ3) is 2.96. The fourth-order valence-corrected chi connectivity index (χ4v) is 2.46. The topological polar surface area (TPSA) is 76.1 Å². The van der Waals surface area contributed by atoms with Crippen LogP contribution in [0.5, 0.6) is 11.5 Å². The Labute approximate surface area is 132 Å². The monoisotopic (exact) mass is 313 g/mol. The van der Waals surface area contributed by atoms with Gasteiger partial charge in [-0.15, -0.1) is 0 Å². The van der Waals surface area contributed by atoms with Crippen molar-refractivity contribution in [2.45, 2.75) is 6.54 Å². The third-order valence-electron chi connectivity index (χ3n) is 3.62. The molecule has 0 unspecified atom stereocenters. The standard InChI is InChI=1S/C17H15NO5/c1-22-13-4-2-3-11(7-13)9-18-14-6-5-12(17(20)21)8-15(14)23-10-16(18)19/h2-8H,9-10H2,1H3,(H,20,21). The SMILES string of the molecule is COc1cccc(CN2C(=O)COc3cc(C(=O)O)ccc32)c1. The first-order chi connectivity index (χ1) is 11.1. The molecule has 0 fully saturated rings. The van der Waals surface area contributed by atoms with E-state index in [4.69, 9.17) is 14.6 Å². The van der Waals surface area contributed by atoms with Crippen LogP contribution in [0.4, 0.5) is 5.69 Å². The van der Waals surface area contributed by atoms with Crippen molar-refractivity contribution in [3.8, 4) is 11.5 Å². The van der Waals surface area contributed by atoms with Crippen molar-refractivity contribution in [1.29, 1.82) is 0 Å². The molecule has 2 aromatic carbocycles. The molecule has 0 aliphatic carbocycles. The van der Waals surface area contributed by atoms with Gasteiger partial charge in [0.1, 0.15) is 11.5 Å². The van der Waals surface area contributed by atoms with Crippen LogP contribution in [0.3, 0.4) is 0 Å². The molecule has 0 bridgehead atoms. The highest BCUT2D eigenvalue weighted by Gasteiger charge is 2.26. The molecular weight excluding hydrogens is 298 g/mol. The molecule has 0 atom stereocenters. The molecule has 0 saturated carbocycles. The van der Waals surface area contributed by atoms with E-state index in [1.807, 2.05) is 24.3 Å². The van der Waals surface area contributed by atoms with Gasteiger partial charge in [0, 0.05) is 0 Å². The second kappa shape index (κ2) is 6.00. The van der Waals surface area contributed by atoms with E-state index in [-0.39, 0.29) is 18.1 Å². The van der Waals surface area contributed by atoms with E-state index in [9.17, 15) is 9.59 Å². The highest BCUT2D eigenvalue weighted by atomic mass is 16.5. The number of amides is 1. The number of hydrogen-bond donors (Lipinski definition) is 1. The number of hydrogen-bond acceptors (Lipinski definition) is 4. The van der Waals surface area contributed by atoms with Crippen LogP contribution in [-0.4, -0.2) is 30.7 Å². The number of carboxylic acid groups (broad SMARTS) is 1. The third-order valence-corrected chi connectivity index (χ3v) is 3.62. The van der Waals surface area contributed by atoms with Gasteiger partial charge in [-0.3, -0.25) is 4.79 Å². The number of carbonyl (C=O) groups excluding carboxylic acids is 1. The van der Waals surface area contributed by atoms with Crippen LogP contribution in [0.2, 0.25) is 0 Å². The number of rotatable bonds is 4. The first-order valence-electron chi connectivity index (χ1n) is 7.02. The first kappa shape index (κ1) is 14.9. The Kier molecular flexibility index (Phi) is 3.89. The van der Waals surface area contributed by atoms with Gasteiger partial charge in [0.2, 0.25) is 0 Å². The van der Waals surface area contributed by atoms with Gasteiger partial charge in [-0.1, -0.05) is 12.1 Å². The van der Waals surface area contributed by atoms with Crippen LogP contribution in [0, 0.1) is 0 Å². The number of aromatic carboxylic acids is 1. The van der Waals surface area contributed by atoms with Gasteiger partial charge in [-0.2, -0.15) is 0 Å². The number of ether oxygens (including phenoxy) is 2. The molecule has 6 nitrogen and oxygen atoms in total. The number of methoxy groups -OCH3 is 1. The molecule has 1 aliphatic heterocycles. The zero-order valence-corrected chi connectivity index (χ0v) is 12.5. The first-order valence-corrected chi connectivity index (χ1v) is 7.02. The molecule has 0 radical (unpaired) electrons. The van der Waals surface area contributed by atoms with E-state index >= 15 is 0 Å².